The number of oxazole rings is 1. The van der Waals surface area contributed by atoms with Gasteiger partial charge in [0, 0.05) is 26.2 Å². The summed E-state index contributed by atoms with van der Waals surface area (Å²) in [5, 5.41) is 3.18. The minimum Gasteiger partial charge on any atom is -0.408 e. The molecule has 1 aliphatic carbocycles. The molecule has 2 atom stereocenters. The maximum atomic E-state index is 13.3. The molecular weight excluding hydrogens is 442 g/mol. The van der Waals surface area contributed by atoms with Crippen molar-refractivity contribution in [3.05, 3.63) is 64.1 Å². The van der Waals surface area contributed by atoms with Crippen molar-refractivity contribution in [1.29, 1.82) is 0 Å². The predicted octanol–water partition coefficient (Wildman–Crippen LogP) is 2.73. The van der Waals surface area contributed by atoms with E-state index in [1.807, 2.05) is 12.1 Å². The number of carbonyl (C=O) groups is 1. The van der Waals surface area contributed by atoms with Crippen LogP contribution in [0.15, 0.2) is 56.6 Å². The normalized spacial score (nSPS) is 21.6. The molecule has 0 unspecified atom stereocenters. The summed E-state index contributed by atoms with van der Waals surface area (Å²) in [4.78, 5) is 24.9. The summed E-state index contributed by atoms with van der Waals surface area (Å²) in [5.74, 6) is -1.04. The summed E-state index contributed by atoms with van der Waals surface area (Å²) < 4.78 is 34.5. The van der Waals surface area contributed by atoms with Crippen molar-refractivity contribution in [1.82, 2.24) is 14.2 Å². The van der Waals surface area contributed by atoms with Crippen LogP contribution in [0.1, 0.15) is 42.9 Å². The van der Waals surface area contributed by atoms with Crippen LogP contribution in [0.4, 0.5) is 0 Å². The Hall–Kier alpha value is -2.91. The van der Waals surface area contributed by atoms with Crippen LogP contribution in [-0.2, 0) is 28.3 Å². The third kappa shape index (κ3) is 4.00. The molecule has 2 aliphatic rings. The fourth-order valence-corrected chi connectivity index (χ4v) is 6.53. The van der Waals surface area contributed by atoms with Crippen molar-refractivity contribution < 1.29 is 17.6 Å². The quantitative estimate of drug-likeness (QED) is 0.633. The van der Waals surface area contributed by atoms with Crippen LogP contribution >= 0.6 is 0 Å². The summed E-state index contributed by atoms with van der Waals surface area (Å²) in [6.45, 7) is 0.495. The fourth-order valence-electron chi connectivity index (χ4n) is 4.99. The van der Waals surface area contributed by atoms with Crippen molar-refractivity contribution in [2.45, 2.75) is 43.0 Å². The van der Waals surface area contributed by atoms with E-state index in [9.17, 15) is 18.0 Å². The molecule has 0 spiro atoms. The van der Waals surface area contributed by atoms with Crippen LogP contribution in [0.3, 0.4) is 0 Å². The zero-order valence-electron chi connectivity index (χ0n) is 18.5. The van der Waals surface area contributed by atoms with Crippen LogP contribution in [0.25, 0.3) is 11.1 Å². The highest BCUT2D eigenvalue weighted by Crippen LogP contribution is 2.31. The van der Waals surface area contributed by atoms with Gasteiger partial charge in [0.25, 0.3) is 0 Å². The van der Waals surface area contributed by atoms with Crippen LogP contribution in [0.5, 0.6) is 0 Å². The molecule has 1 fully saturated rings. The third-order valence-electron chi connectivity index (χ3n) is 6.84. The lowest BCUT2D eigenvalue weighted by molar-refractivity contribution is -0.127. The van der Waals surface area contributed by atoms with E-state index in [0.29, 0.717) is 24.9 Å². The third-order valence-corrected chi connectivity index (χ3v) is 8.70. The van der Waals surface area contributed by atoms with E-state index in [1.54, 1.807) is 13.1 Å². The van der Waals surface area contributed by atoms with Crippen LogP contribution in [-0.4, -0.2) is 36.3 Å². The molecular formula is C24H27N3O5S. The first-order chi connectivity index (χ1) is 15.8. The number of sulfonamides is 1. The number of nitrogens with zero attached hydrogens (tertiary/aromatic N) is 2. The summed E-state index contributed by atoms with van der Waals surface area (Å²) in [7, 11) is -2.25. The Morgan fingerprint density at radius 3 is 2.79 bits per heavy atom. The molecule has 33 heavy (non-hydrogen) atoms. The van der Waals surface area contributed by atoms with Gasteiger partial charge in [-0.15, -0.1) is 0 Å². The fraction of sp³-hybridized carbons (Fsp3) is 0.417. The lowest BCUT2D eigenvalue weighted by Gasteiger charge is -2.33. The van der Waals surface area contributed by atoms with E-state index < -0.39 is 21.7 Å². The highest BCUT2D eigenvalue weighted by atomic mass is 32.2. The van der Waals surface area contributed by atoms with Crippen molar-refractivity contribution in [2.24, 2.45) is 13.0 Å². The van der Waals surface area contributed by atoms with Gasteiger partial charge < -0.3 is 9.73 Å². The summed E-state index contributed by atoms with van der Waals surface area (Å²) in [6, 6.07) is 12.6. The number of nitrogens with one attached hydrogen (secondary N) is 1. The average Bonchev–Trinajstić information content (AvgIpc) is 3.12. The van der Waals surface area contributed by atoms with Crippen LogP contribution < -0.4 is 11.1 Å². The zero-order chi connectivity index (χ0) is 23.2. The number of hydrogen-bond acceptors (Lipinski definition) is 5. The van der Waals surface area contributed by atoms with E-state index in [1.165, 1.54) is 26.6 Å². The molecule has 2 aromatic carbocycles. The van der Waals surface area contributed by atoms with E-state index in [4.69, 9.17) is 4.42 Å². The van der Waals surface area contributed by atoms with E-state index in [-0.39, 0.29) is 29.0 Å². The zero-order valence-corrected chi connectivity index (χ0v) is 19.3. The molecule has 2 heterocycles. The van der Waals surface area contributed by atoms with Crippen LogP contribution in [0.2, 0.25) is 0 Å². The number of piperidine rings is 1. The summed E-state index contributed by atoms with van der Waals surface area (Å²) in [5.41, 5.74) is 3.19. The molecule has 8 nitrogen and oxygen atoms in total. The molecule has 0 bridgehead atoms. The molecule has 1 N–H and O–H groups in total. The second kappa shape index (κ2) is 8.46. The SMILES string of the molecule is Cn1c(=O)oc2cc(S(=O)(=O)N3CCC[C@H](C(=O)N[C@H]4CCCc5ccccc54)C3)ccc21. The first kappa shape index (κ1) is 21.9. The number of fused-ring (bicyclic) bond motifs is 2. The molecule has 0 radical (unpaired) electrons. The Balaban J connectivity index is 1.33. The highest BCUT2D eigenvalue weighted by molar-refractivity contribution is 7.89. The molecule has 0 saturated carbocycles. The van der Waals surface area contributed by atoms with Gasteiger partial charge in [0.1, 0.15) is 0 Å². The number of aromatic nitrogens is 1. The highest BCUT2D eigenvalue weighted by Gasteiger charge is 2.35. The smallest absolute Gasteiger partial charge is 0.408 e. The summed E-state index contributed by atoms with van der Waals surface area (Å²) in [6.07, 6.45) is 4.19. The van der Waals surface area contributed by atoms with E-state index >= 15 is 0 Å². The van der Waals surface area contributed by atoms with Gasteiger partial charge in [-0.2, -0.15) is 4.31 Å². The minimum atomic E-state index is -3.82. The van der Waals surface area contributed by atoms with Crippen molar-refractivity contribution >= 4 is 27.0 Å². The average molecular weight is 470 g/mol. The maximum Gasteiger partial charge on any atom is 0.419 e. The second-order valence-corrected chi connectivity index (χ2v) is 10.8. The van der Waals surface area contributed by atoms with Crippen molar-refractivity contribution in [3.8, 4) is 0 Å². The summed E-state index contributed by atoms with van der Waals surface area (Å²) >= 11 is 0. The van der Waals surface area contributed by atoms with Gasteiger partial charge in [-0.3, -0.25) is 9.36 Å². The number of carbonyl (C=O) groups excluding carboxylic acids is 1. The Labute approximate surface area is 192 Å². The molecule has 5 rings (SSSR count). The Bertz CT molecular complexity index is 1370. The maximum absolute atomic E-state index is 13.3. The molecule has 1 amide bonds. The second-order valence-electron chi connectivity index (χ2n) is 8.91. The number of rotatable bonds is 4. The monoisotopic (exact) mass is 469 g/mol. The largest absolute Gasteiger partial charge is 0.419 e. The standard InChI is InChI=1S/C24H27N3O5S/c1-26-21-12-11-18(14-22(21)32-24(26)29)33(30,31)27-13-5-8-17(15-27)23(28)25-20-10-4-7-16-6-2-3-9-19(16)20/h2-3,6,9,11-12,14,17,20H,4-5,7-8,10,13,15H2,1H3,(H,25,28)/t17-,20-/m0/s1. The van der Waals surface area contributed by atoms with Gasteiger partial charge >= 0.3 is 5.76 Å². The van der Waals surface area contributed by atoms with Gasteiger partial charge in [0.05, 0.1) is 22.4 Å². The molecule has 1 aliphatic heterocycles. The Kier molecular flexibility index (Phi) is 5.62. The van der Waals surface area contributed by atoms with Gasteiger partial charge in [-0.05, 0) is 55.4 Å². The van der Waals surface area contributed by atoms with Gasteiger partial charge in [0.15, 0.2) is 5.58 Å². The van der Waals surface area contributed by atoms with Crippen molar-refractivity contribution in [3.63, 3.8) is 0 Å². The van der Waals surface area contributed by atoms with Gasteiger partial charge in [0.2, 0.25) is 15.9 Å². The van der Waals surface area contributed by atoms with E-state index in [0.717, 1.165) is 24.8 Å². The first-order valence-electron chi connectivity index (χ1n) is 11.3. The Morgan fingerprint density at radius 1 is 1.12 bits per heavy atom. The number of benzene rings is 2. The molecule has 1 saturated heterocycles. The Morgan fingerprint density at radius 2 is 1.94 bits per heavy atom. The first-order valence-corrected chi connectivity index (χ1v) is 12.8. The topological polar surface area (TPSA) is 102 Å². The van der Waals surface area contributed by atoms with E-state index in [2.05, 4.69) is 17.4 Å². The number of amides is 1. The molecule has 1 aromatic heterocycles. The van der Waals surface area contributed by atoms with Gasteiger partial charge in [-0.25, -0.2) is 13.2 Å². The lowest BCUT2D eigenvalue weighted by Crippen LogP contribution is -2.46. The molecule has 3 aromatic rings. The van der Waals surface area contributed by atoms with Crippen LogP contribution in [0, 0.1) is 5.92 Å². The van der Waals surface area contributed by atoms with Crippen molar-refractivity contribution in [2.75, 3.05) is 13.1 Å². The number of hydrogen-bond donors (Lipinski definition) is 1. The lowest BCUT2D eigenvalue weighted by atomic mass is 9.87. The predicted molar refractivity (Wildman–Crippen MR) is 123 cm³/mol. The minimum absolute atomic E-state index is 0.0298. The number of aryl methyl sites for hydroxylation is 2. The molecule has 174 valence electrons. The molecule has 9 heteroatoms. The van der Waals surface area contributed by atoms with Gasteiger partial charge in [-0.1, -0.05) is 24.3 Å².